The van der Waals surface area contributed by atoms with Gasteiger partial charge in [0.25, 0.3) is 0 Å². The van der Waals surface area contributed by atoms with Gasteiger partial charge in [0.05, 0.1) is 17.1 Å². The summed E-state index contributed by atoms with van der Waals surface area (Å²) in [5, 5.41) is 9.89. The average Bonchev–Trinajstić information content (AvgIpc) is 3.31. The Balaban J connectivity index is 1.07. The molecule has 3 heteroatoms. The molecule has 0 aliphatic heterocycles. The Labute approximate surface area is 336 Å². The van der Waals surface area contributed by atoms with Crippen molar-refractivity contribution in [1.29, 1.82) is 0 Å². The fourth-order valence-corrected chi connectivity index (χ4v) is 8.44. The van der Waals surface area contributed by atoms with Crippen LogP contribution >= 0.6 is 0 Å². The number of aromatic nitrogens is 3. The number of benzene rings is 9. The molecule has 270 valence electrons. The minimum atomic E-state index is 0.683. The molecule has 0 bridgehead atoms. The molecule has 0 aliphatic carbocycles. The highest BCUT2D eigenvalue weighted by molar-refractivity contribution is 6.24. The van der Waals surface area contributed by atoms with Crippen LogP contribution in [0.3, 0.4) is 0 Å². The van der Waals surface area contributed by atoms with Gasteiger partial charge < -0.3 is 0 Å². The van der Waals surface area contributed by atoms with Gasteiger partial charge in [0.1, 0.15) is 0 Å². The first-order valence-electron chi connectivity index (χ1n) is 19.7. The third kappa shape index (κ3) is 5.98. The minimum absolute atomic E-state index is 0.683. The second kappa shape index (κ2) is 14.1. The maximum absolute atomic E-state index is 5.22. The molecule has 3 nitrogen and oxygen atoms in total. The Morgan fingerprint density at radius 2 is 0.759 bits per heavy atom. The van der Waals surface area contributed by atoms with Crippen LogP contribution in [0.15, 0.2) is 212 Å². The summed E-state index contributed by atoms with van der Waals surface area (Å²) in [7, 11) is 0. The lowest BCUT2D eigenvalue weighted by Gasteiger charge is -2.17. The Kier molecular flexibility index (Phi) is 8.15. The zero-order chi connectivity index (χ0) is 38.4. The van der Waals surface area contributed by atoms with E-state index in [2.05, 4.69) is 187 Å². The van der Waals surface area contributed by atoms with E-state index in [-0.39, 0.29) is 0 Å². The van der Waals surface area contributed by atoms with Gasteiger partial charge in [0.15, 0.2) is 5.82 Å². The van der Waals surface area contributed by atoms with E-state index in [0.29, 0.717) is 5.82 Å². The van der Waals surface area contributed by atoms with Crippen LogP contribution in [0.4, 0.5) is 0 Å². The van der Waals surface area contributed by atoms with Gasteiger partial charge in [-0.05, 0) is 108 Å². The monoisotopic (exact) mass is 737 g/mol. The van der Waals surface area contributed by atoms with Crippen molar-refractivity contribution in [1.82, 2.24) is 15.0 Å². The van der Waals surface area contributed by atoms with Crippen molar-refractivity contribution in [3.8, 4) is 67.4 Å². The van der Waals surface area contributed by atoms with Crippen molar-refractivity contribution in [3.05, 3.63) is 212 Å². The predicted molar refractivity (Wildman–Crippen MR) is 242 cm³/mol. The summed E-state index contributed by atoms with van der Waals surface area (Å²) in [6.45, 7) is 0. The van der Waals surface area contributed by atoms with Crippen LogP contribution < -0.4 is 0 Å². The normalized spacial score (nSPS) is 11.4. The first kappa shape index (κ1) is 33.6. The van der Waals surface area contributed by atoms with E-state index < -0.39 is 0 Å². The van der Waals surface area contributed by atoms with Gasteiger partial charge in [0, 0.05) is 28.5 Å². The van der Waals surface area contributed by atoms with Crippen LogP contribution in [0.1, 0.15) is 0 Å². The van der Waals surface area contributed by atoms with Gasteiger partial charge >= 0.3 is 0 Å². The lowest BCUT2D eigenvalue weighted by molar-refractivity contribution is 1.18. The molecule has 0 fully saturated rings. The summed E-state index contributed by atoms with van der Waals surface area (Å²) in [6, 6.07) is 73.4. The maximum atomic E-state index is 5.22. The van der Waals surface area contributed by atoms with Crippen LogP contribution in [0.25, 0.3) is 111 Å². The van der Waals surface area contributed by atoms with E-state index in [1.165, 1.54) is 59.8 Å². The highest BCUT2D eigenvalue weighted by atomic mass is 14.9. The largest absolute Gasteiger partial charge is 0.256 e. The number of rotatable bonds is 6. The molecule has 0 spiro atoms. The zero-order valence-corrected chi connectivity index (χ0v) is 31.5. The second-order valence-corrected chi connectivity index (χ2v) is 14.8. The highest BCUT2D eigenvalue weighted by Gasteiger charge is 2.17. The molecule has 2 aromatic heterocycles. The van der Waals surface area contributed by atoms with Crippen molar-refractivity contribution in [2.45, 2.75) is 0 Å². The smallest absolute Gasteiger partial charge is 0.160 e. The van der Waals surface area contributed by atoms with Crippen molar-refractivity contribution in [2.24, 2.45) is 0 Å². The zero-order valence-electron chi connectivity index (χ0n) is 31.5. The minimum Gasteiger partial charge on any atom is -0.256 e. The van der Waals surface area contributed by atoms with Crippen molar-refractivity contribution >= 4 is 43.1 Å². The fraction of sp³-hybridized carbons (Fsp3) is 0. The first-order chi connectivity index (χ1) is 28.7. The molecule has 9 aromatic carbocycles. The molecular weight excluding hydrogens is 703 g/mol. The second-order valence-electron chi connectivity index (χ2n) is 14.8. The number of nitrogens with zero attached hydrogens (tertiary/aromatic N) is 3. The Bertz CT molecular complexity index is 3320. The summed E-state index contributed by atoms with van der Waals surface area (Å²) in [5.74, 6) is 0.683. The molecule has 0 unspecified atom stereocenters. The van der Waals surface area contributed by atoms with Crippen molar-refractivity contribution in [2.75, 3.05) is 0 Å². The maximum Gasteiger partial charge on any atom is 0.160 e. The lowest BCUT2D eigenvalue weighted by atomic mass is 9.87. The van der Waals surface area contributed by atoms with E-state index in [9.17, 15) is 0 Å². The molecule has 58 heavy (non-hydrogen) atoms. The number of hydrogen-bond acceptors (Lipinski definition) is 3. The van der Waals surface area contributed by atoms with Crippen LogP contribution in [0, 0.1) is 0 Å². The van der Waals surface area contributed by atoms with E-state index >= 15 is 0 Å². The highest BCUT2D eigenvalue weighted by Crippen LogP contribution is 2.43. The first-order valence-corrected chi connectivity index (χ1v) is 19.7. The van der Waals surface area contributed by atoms with Gasteiger partial charge in [-0.15, -0.1) is 0 Å². The molecule has 11 aromatic rings. The lowest BCUT2D eigenvalue weighted by Crippen LogP contribution is -1.96. The molecule has 0 N–H and O–H groups in total. The molecule has 0 saturated heterocycles. The molecule has 0 amide bonds. The topological polar surface area (TPSA) is 38.7 Å². The Morgan fingerprint density at radius 3 is 1.41 bits per heavy atom. The quantitative estimate of drug-likeness (QED) is 0.160. The van der Waals surface area contributed by atoms with E-state index in [4.69, 9.17) is 9.97 Å². The van der Waals surface area contributed by atoms with Gasteiger partial charge in [-0.3, -0.25) is 4.98 Å². The van der Waals surface area contributed by atoms with Gasteiger partial charge in [0.2, 0.25) is 0 Å². The molecule has 11 rings (SSSR count). The van der Waals surface area contributed by atoms with E-state index in [0.717, 1.165) is 44.9 Å². The summed E-state index contributed by atoms with van der Waals surface area (Å²) in [4.78, 5) is 15.0. The molecule has 0 aliphatic rings. The molecule has 2 heterocycles. The standard InChI is InChI=1S/C55H35N3/c1-2-14-37(15-3-1)53-35-54(39-27-25-38(26-28-39)52-23-10-11-30-56-52)58-55(57-53)43-18-12-17-41(32-43)48-33-50-47-22-9-7-20-45(47)49(34-51(50)46-21-8-6-19-44(46)48)42-29-24-36-13-4-5-16-40(36)31-42/h1-35H. The molecule has 0 atom stereocenters. The summed E-state index contributed by atoms with van der Waals surface area (Å²) in [6.07, 6.45) is 1.83. The average molecular weight is 738 g/mol. The van der Waals surface area contributed by atoms with Crippen LogP contribution in [0.5, 0.6) is 0 Å². The van der Waals surface area contributed by atoms with Crippen molar-refractivity contribution in [3.63, 3.8) is 0 Å². The predicted octanol–water partition coefficient (Wildman–Crippen LogP) is 14.5. The van der Waals surface area contributed by atoms with Crippen LogP contribution in [-0.2, 0) is 0 Å². The van der Waals surface area contributed by atoms with Gasteiger partial charge in [-0.1, -0.05) is 164 Å². The van der Waals surface area contributed by atoms with Gasteiger partial charge in [-0.2, -0.15) is 0 Å². The van der Waals surface area contributed by atoms with E-state index in [1.54, 1.807) is 0 Å². The third-order valence-electron chi connectivity index (χ3n) is 11.3. The SMILES string of the molecule is c1ccc(-c2cc(-c3ccc(-c4ccccn4)cc3)nc(-c3cccc(-c4cc5c6ccccc6c(-c6ccc7ccccc7c6)cc5c5ccccc45)c3)n2)cc1. The van der Waals surface area contributed by atoms with E-state index in [1.807, 2.05) is 30.5 Å². The summed E-state index contributed by atoms with van der Waals surface area (Å²) < 4.78 is 0. The fourth-order valence-electron chi connectivity index (χ4n) is 8.44. The van der Waals surface area contributed by atoms with Crippen molar-refractivity contribution < 1.29 is 0 Å². The van der Waals surface area contributed by atoms with Crippen LogP contribution in [0.2, 0.25) is 0 Å². The Morgan fingerprint density at radius 1 is 0.259 bits per heavy atom. The summed E-state index contributed by atoms with van der Waals surface area (Å²) in [5.41, 5.74) is 11.5. The Hall–Kier alpha value is -7.75. The molecular formula is C55H35N3. The molecule has 0 radical (unpaired) electrons. The molecule has 0 saturated carbocycles. The number of pyridine rings is 1. The summed E-state index contributed by atoms with van der Waals surface area (Å²) >= 11 is 0. The number of fused-ring (bicyclic) bond motifs is 6. The van der Waals surface area contributed by atoms with Gasteiger partial charge in [-0.25, -0.2) is 9.97 Å². The third-order valence-corrected chi connectivity index (χ3v) is 11.3. The number of hydrogen-bond donors (Lipinski definition) is 0. The van der Waals surface area contributed by atoms with Crippen LogP contribution in [-0.4, -0.2) is 15.0 Å².